The Morgan fingerprint density at radius 3 is 2.69 bits per heavy atom. The van der Waals surface area contributed by atoms with Crippen molar-refractivity contribution in [1.29, 1.82) is 0 Å². The molecular weight excluding hydrogens is 202 g/mol. The summed E-state index contributed by atoms with van der Waals surface area (Å²) in [6, 6.07) is 0. The second-order valence-corrected chi connectivity index (χ2v) is 3.71. The lowest BCUT2D eigenvalue weighted by atomic mass is 10.1. The first-order chi connectivity index (χ1) is 7.61. The van der Waals surface area contributed by atoms with Gasteiger partial charge in [0.25, 0.3) is 0 Å². The zero-order chi connectivity index (χ0) is 11.7. The number of anilines is 1. The van der Waals surface area contributed by atoms with E-state index >= 15 is 0 Å². The molecule has 5 heteroatoms. The number of aryl methyl sites for hydroxylation is 2. The van der Waals surface area contributed by atoms with Crippen molar-refractivity contribution in [2.45, 2.75) is 27.3 Å². The molecular formula is C11H15N5. The maximum atomic E-state index is 5.82. The predicted octanol–water partition coefficient (Wildman–Crippen LogP) is 1.56. The van der Waals surface area contributed by atoms with Crippen LogP contribution in [0.5, 0.6) is 0 Å². The van der Waals surface area contributed by atoms with Gasteiger partial charge in [0, 0.05) is 23.9 Å². The molecule has 0 saturated heterocycles. The van der Waals surface area contributed by atoms with Crippen LogP contribution in [0.25, 0.3) is 11.3 Å². The summed E-state index contributed by atoms with van der Waals surface area (Å²) in [7, 11) is 0. The average Bonchev–Trinajstić information content (AvgIpc) is 2.71. The van der Waals surface area contributed by atoms with E-state index < -0.39 is 0 Å². The smallest absolute Gasteiger partial charge is 0.130 e. The monoisotopic (exact) mass is 217 g/mol. The van der Waals surface area contributed by atoms with Crippen LogP contribution < -0.4 is 5.73 Å². The zero-order valence-electron chi connectivity index (χ0n) is 9.73. The third-order valence-electron chi connectivity index (χ3n) is 2.53. The summed E-state index contributed by atoms with van der Waals surface area (Å²) in [6.07, 6.45) is 3.77. The van der Waals surface area contributed by atoms with Crippen molar-refractivity contribution in [3.05, 3.63) is 23.8 Å². The molecule has 0 atom stereocenters. The number of rotatable bonds is 2. The standard InChI is InChI=1S/C11H15N5/c1-4-16-6-9(5-13-16)10-7(2)11(12)15-8(3)14-10/h5-6H,4H2,1-3H3,(H2,12,14,15). The maximum absolute atomic E-state index is 5.82. The van der Waals surface area contributed by atoms with Gasteiger partial charge in [0.2, 0.25) is 0 Å². The van der Waals surface area contributed by atoms with E-state index in [1.54, 1.807) is 6.20 Å². The molecule has 0 aromatic carbocycles. The molecule has 84 valence electrons. The van der Waals surface area contributed by atoms with Crippen LogP contribution in [0.1, 0.15) is 18.3 Å². The Morgan fingerprint density at radius 1 is 1.31 bits per heavy atom. The molecule has 0 bridgehead atoms. The van der Waals surface area contributed by atoms with Crippen LogP contribution in [0.15, 0.2) is 12.4 Å². The highest BCUT2D eigenvalue weighted by atomic mass is 15.3. The molecule has 2 heterocycles. The van der Waals surface area contributed by atoms with E-state index in [1.165, 1.54) is 0 Å². The largest absolute Gasteiger partial charge is 0.383 e. The van der Waals surface area contributed by atoms with Gasteiger partial charge >= 0.3 is 0 Å². The molecule has 0 radical (unpaired) electrons. The van der Waals surface area contributed by atoms with E-state index in [-0.39, 0.29) is 0 Å². The Hall–Kier alpha value is -1.91. The van der Waals surface area contributed by atoms with Gasteiger partial charge < -0.3 is 5.73 Å². The van der Waals surface area contributed by atoms with Crippen LogP contribution in [0.4, 0.5) is 5.82 Å². The summed E-state index contributed by atoms with van der Waals surface area (Å²) in [6.45, 7) is 6.65. The molecule has 0 aliphatic rings. The van der Waals surface area contributed by atoms with Crippen molar-refractivity contribution in [2.24, 2.45) is 0 Å². The van der Waals surface area contributed by atoms with E-state index in [2.05, 4.69) is 15.1 Å². The van der Waals surface area contributed by atoms with Crippen molar-refractivity contribution < 1.29 is 0 Å². The molecule has 16 heavy (non-hydrogen) atoms. The first kappa shape index (κ1) is 10.6. The fourth-order valence-electron chi connectivity index (χ4n) is 1.59. The molecule has 0 spiro atoms. The highest BCUT2D eigenvalue weighted by molar-refractivity contribution is 5.65. The second kappa shape index (κ2) is 3.92. The summed E-state index contributed by atoms with van der Waals surface area (Å²) in [5, 5.41) is 4.23. The quantitative estimate of drug-likeness (QED) is 0.828. The summed E-state index contributed by atoms with van der Waals surface area (Å²) in [5.74, 6) is 1.22. The van der Waals surface area contributed by atoms with Crippen molar-refractivity contribution in [1.82, 2.24) is 19.7 Å². The fraction of sp³-hybridized carbons (Fsp3) is 0.364. The van der Waals surface area contributed by atoms with Gasteiger partial charge in [-0.1, -0.05) is 0 Å². The molecule has 5 nitrogen and oxygen atoms in total. The summed E-state index contributed by atoms with van der Waals surface area (Å²) >= 11 is 0. The Bertz CT molecular complexity index is 515. The minimum Gasteiger partial charge on any atom is -0.383 e. The number of aromatic nitrogens is 4. The van der Waals surface area contributed by atoms with Gasteiger partial charge in [-0.2, -0.15) is 5.10 Å². The second-order valence-electron chi connectivity index (χ2n) is 3.71. The van der Waals surface area contributed by atoms with E-state index in [9.17, 15) is 0 Å². The molecule has 0 aliphatic heterocycles. The average molecular weight is 217 g/mol. The molecule has 0 aliphatic carbocycles. The first-order valence-electron chi connectivity index (χ1n) is 5.25. The third-order valence-corrected chi connectivity index (χ3v) is 2.53. The Labute approximate surface area is 94.3 Å². The molecule has 0 unspecified atom stereocenters. The van der Waals surface area contributed by atoms with Crippen molar-refractivity contribution in [3.63, 3.8) is 0 Å². The van der Waals surface area contributed by atoms with E-state index in [0.29, 0.717) is 11.6 Å². The molecule has 2 aromatic rings. The van der Waals surface area contributed by atoms with Gasteiger partial charge in [-0.05, 0) is 20.8 Å². The van der Waals surface area contributed by atoms with Gasteiger partial charge in [-0.3, -0.25) is 4.68 Å². The number of nitrogens with two attached hydrogens (primary N) is 1. The lowest BCUT2D eigenvalue weighted by molar-refractivity contribution is 0.660. The van der Waals surface area contributed by atoms with E-state index in [0.717, 1.165) is 23.4 Å². The van der Waals surface area contributed by atoms with Crippen LogP contribution in [0, 0.1) is 13.8 Å². The fourth-order valence-corrected chi connectivity index (χ4v) is 1.59. The zero-order valence-corrected chi connectivity index (χ0v) is 9.73. The molecule has 2 N–H and O–H groups in total. The topological polar surface area (TPSA) is 69.6 Å². The minimum atomic E-state index is 0.534. The molecule has 0 fully saturated rings. The van der Waals surface area contributed by atoms with Gasteiger partial charge in [-0.15, -0.1) is 0 Å². The third kappa shape index (κ3) is 1.76. The number of nitrogen functional groups attached to an aromatic ring is 1. The maximum Gasteiger partial charge on any atom is 0.130 e. The lowest BCUT2D eigenvalue weighted by Crippen LogP contribution is -2.01. The van der Waals surface area contributed by atoms with Crippen molar-refractivity contribution >= 4 is 5.82 Å². The van der Waals surface area contributed by atoms with Gasteiger partial charge in [0.1, 0.15) is 11.6 Å². The summed E-state index contributed by atoms with van der Waals surface area (Å²) in [4.78, 5) is 8.53. The molecule has 0 amide bonds. The predicted molar refractivity (Wildman–Crippen MR) is 62.8 cm³/mol. The van der Waals surface area contributed by atoms with Crippen LogP contribution in [0.3, 0.4) is 0 Å². The van der Waals surface area contributed by atoms with E-state index in [1.807, 2.05) is 31.6 Å². The summed E-state index contributed by atoms with van der Waals surface area (Å²) < 4.78 is 1.86. The Balaban J connectivity index is 2.54. The lowest BCUT2D eigenvalue weighted by Gasteiger charge is -2.06. The Morgan fingerprint density at radius 2 is 2.06 bits per heavy atom. The van der Waals surface area contributed by atoms with Crippen molar-refractivity contribution in [2.75, 3.05) is 5.73 Å². The summed E-state index contributed by atoms with van der Waals surface area (Å²) in [5.41, 5.74) is 8.57. The number of hydrogen-bond donors (Lipinski definition) is 1. The van der Waals surface area contributed by atoms with Crippen molar-refractivity contribution in [3.8, 4) is 11.3 Å². The highest BCUT2D eigenvalue weighted by Gasteiger charge is 2.10. The van der Waals surface area contributed by atoms with Crippen LogP contribution >= 0.6 is 0 Å². The van der Waals surface area contributed by atoms with Crippen LogP contribution in [-0.4, -0.2) is 19.7 Å². The molecule has 2 aromatic heterocycles. The molecule has 0 saturated carbocycles. The van der Waals surface area contributed by atoms with E-state index in [4.69, 9.17) is 5.73 Å². The number of hydrogen-bond acceptors (Lipinski definition) is 4. The minimum absolute atomic E-state index is 0.534. The van der Waals surface area contributed by atoms with Gasteiger partial charge in [0.15, 0.2) is 0 Å². The van der Waals surface area contributed by atoms with Crippen LogP contribution in [-0.2, 0) is 6.54 Å². The van der Waals surface area contributed by atoms with Crippen LogP contribution in [0.2, 0.25) is 0 Å². The SMILES string of the molecule is CCn1cc(-c2nc(C)nc(N)c2C)cn1. The molecule has 2 rings (SSSR count). The highest BCUT2D eigenvalue weighted by Crippen LogP contribution is 2.23. The number of nitrogens with zero attached hydrogens (tertiary/aromatic N) is 4. The first-order valence-corrected chi connectivity index (χ1v) is 5.25. The van der Waals surface area contributed by atoms with Gasteiger partial charge in [0.05, 0.1) is 11.9 Å². The Kier molecular flexibility index (Phi) is 2.60. The van der Waals surface area contributed by atoms with Gasteiger partial charge in [-0.25, -0.2) is 9.97 Å². The normalized spacial score (nSPS) is 10.7.